The zero-order chi connectivity index (χ0) is 98.6. The summed E-state index contributed by atoms with van der Waals surface area (Å²) in [5.41, 5.74) is 9.75. The fourth-order valence-corrected chi connectivity index (χ4v) is 22.1. The van der Waals surface area contributed by atoms with E-state index in [-0.39, 0.29) is 69.7 Å². The first-order valence-electron chi connectivity index (χ1n) is 46.2. The molecule has 20 rings (SSSR count). The lowest BCUT2D eigenvalue weighted by molar-refractivity contribution is -0.138. The molecule has 12 heterocycles. The molecule has 0 bridgehead atoms. The number of likely N-dealkylation sites (tertiary alicyclic amines) is 4. The molecule has 0 radical (unpaired) electrons. The number of Topliss-reactive ketones (excluding diaryl/α,β-unsaturated/α-hetero) is 1. The van der Waals surface area contributed by atoms with Gasteiger partial charge < -0.3 is 71.5 Å². The number of para-hydroxylation sites is 5. The standard InChI is InChI=1S/C28H30N2O6.C27H31N3O4.C25H23F3N2O5S.C25H27N3O4S/c1-19(31)21-9-11-26-28(36-23-7-5-4-6-22(23)30(21)26)12-14-29(15-13-28)27(32)20-8-10-24(25(18-20)34-3)35-17-16-33-2;1-17(2)33-23-8-6-19(14-18(23)3)26(31)30-12-10-27(11-13-30)22-16-28-29(4)25(22)21-15-20(32-5)7-9-24(21)34-27;1-34-19-8-7-16(15-17(19)25(26,27)28)23(31)29-13-11-24(12-14-29)21-9-10-22(36(2,32)33)30(21)18-5-3-4-6-20(18)35-24;1-4-33(30,31)22-10-9-18(15-17(22)2)24(29)28-13-11-25(12-14-28)20-16-26-27(3)23(20)19-7-5-6-8-21(19)32-25/h4-11,18H,12-17H2,1-3H3;6-9,14-17H,10-13H2,1-5H3;3-10,15H,11-14H2,1-2H3;5-10,15-16H,4,11-14H2,1-3H3. The van der Waals surface area contributed by atoms with E-state index in [9.17, 15) is 54.0 Å². The van der Waals surface area contributed by atoms with Crippen LogP contribution in [0.5, 0.6) is 51.7 Å². The van der Waals surface area contributed by atoms with Crippen LogP contribution in [0.3, 0.4) is 0 Å². The number of carbonyl (C=O) groups excluding carboxylic acids is 5. The van der Waals surface area contributed by atoms with E-state index in [0.717, 1.165) is 105 Å². The van der Waals surface area contributed by atoms with Gasteiger partial charge in [0.2, 0.25) is 0 Å². The summed E-state index contributed by atoms with van der Waals surface area (Å²) in [6.45, 7) is 15.6. The number of fused-ring (bicyclic) bond motifs is 16. The van der Waals surface area contributed by atoms with Crippen molar-refractivity contribution in [3.05, 3.63) is 268 Å². The summed E-state index contributed by atoms with van der Waals surface area (Å²) in [5, 5.41) is 9.19. The number of piperidine rings is 4. The third-order valence-corrected chi connectivity index (χ3v) is 30.3. The van der Waals surface area contributed by atoms with Gasteiger partial charge in [0.25, 0.3) is 23.6 Å². The number of rotatable bonds is 17. The Labute approximate surface area is 805 Å². The van der Waals surface area contributed by atoms with Crippen molar-refractivity contribution in [1.29, 1.82) is 0 Å². The maximum absolute atomic E-state index is 13.4. The van der Waals surface area contributed by atoms with Crippen molar-refractivity contribution in [3.8, 4) is 85.6 Å². The Morgan fingerprint density at radius 2 is 0.899 bits per heavy atom. The molecular weight excluding hydrogens is 1830 g/mol. The summed E-state index contributed by atoms with van der Waals surface area (Å²) in [7, 11) is 3.01. The highest BCUT2D eigenvalue weighted by atomic mass is 32.2. The molecule has 0 saturated carbocycles. The number of amides is 4. The molecule has 728 valence electrons. The number of aromatic nitrogens is 6. The quantitative estimate of drug-likeness (QED) is 0.0604. The van der Waals surface area contributed by atoms with Gasteiger partial charge in [-0.2, -0.15) is 23.4 Å². The highest BCUT2D eigenvalue weighted by Gasteiger charge is 2.52. The second kappa shape index (κ2) is 38.5. The van der Waals surface area contributed by atoms with Crippen LogP contribution in [0.2, 0.25) is 0 Å². The molecule has 12 aromatic rings. The Morgan fingerprint density at radius 3 is 1.38 bits per heavy atom. The summed E-state index contributed by atoms with van der Waals surface area (Å²) in [6.07, 6.45) is 5.00. The highest BCUT2D eigenvalue weighted by molar-refractivity contribution is 7.91. The van der Waals surface area contributed by atoms with Crippen LogP contribution in [0.25, 0.3) is 33.9 Å². The topological polar surface area (TPSA) is 304 Å². The van der Waals surface area contributed by atoms with Crippen LogP contribution in [-0.4, -0.2) is 207 Å². The molecule has 4 aromatic heterocycles. The first-order chi connectivity index (χ1) is 66.5. The number of hydrogen-bond acceptors (Lipinski definition) is 21. The molecule has 4 fully saturated rings. The van der Waals surface area contributed by atoms with Crippen LogP contribution >= 0.6 is 0 Å². The number of halogens is 3. The lowest BCUT2D eigenvalue weighted by Gasteiger charge is -2.45. The first kappa shape index (κ1) is 96.8. The zero-order valence-corrected chi connectivity index (χ0v) is 81.4. The molecule has 8 aromatic carbocycles. The fraction of sp³-hybridized carbons (Fsp3) is 0.362. The van der Waals surface area contributed by atoms with E-state index in [1.165, 1.54) is 11.0 Å². The normalized spacial score (nSPS) is 16.3. The van der Waals surface area contributed by atoms with Crippen molar-refractivity contribution in [2.45, 2.75) is 138 Å². The van der Waals surface area contributed by atoms with Crippen molar-refractivity contribution >= 4 is 49.1 Å². The predicted molar refractivity (Wildman–Crippen MR) is 512 cm³/mol. The van der Waals surface area contributed by atoms with E-state index in [4.69, 9.17) is 47.4 Å². The van der Waals surface area contributed by atoms with Crippen LogP contribution in [0.1, 0.15) is 170 Å². The third-order valence-electron chi connectivity index (χ3n) is 27.3. The van der Waals surface area contributed by atoms with Gasteiger partial charge >= 0.3 is 6.18 Å². The molecular formula is C105H111F3N10O19S2. The van der Waals surface area contributed by atoms with Crippen LogP contribution in [-0.2, 0) is 67.1 Å². The summed E-state index contributed by atoms with van der Waals surface area (Å²) in [4.78, 5) is 72.7. The lowest BCUT2D eigenvalue weighted by Crippen LogP contribution is -2.50. The number of carbonyl (C=O) groups is 5. The van der Waals surface area contributed by atoms with Gasteiger partial charge in [-0.25, -0.2) is 16.8 Å². The third kappa shape index (κ3) is 18.5. The van der Waals surface area contributed by atoms with E-state index in [1.807, 2.05) is 173 Å². The minimum atomic E-state index is -4.67. The van der Waals surface area contributed by atoms with E-state index in [2.05, 4.69) is 10.2 Å². The number of methoxy groups -OCH3 is 4. The second-order valence-corrected chi connectivity index (χ2v) is 40.4. The number of sulfone groups is 2. The Balaban J connectivity index is 0.000000128. The molecule has 0 unspecified atom stereocenters. The molecule has 8 aliphatic rings. The zero-order valence-electron chi connectivity index (χ0n) is 79.7. The molecule has 4 spiro atoms. The lowest BCUT2D eigenvalue weighted by atomic mass is 9.81. The van der Waals surface area contributed by atoms with Crippen molar-refractivity contribution in [1.82, 2.24) is 48.3 Å². The number of ketones is 1. The number of benzene rings is 8. The van der Waals surface area contributed by atoms with Gasteiger partial charge in [0, 0.05) is 183 Å². The molecule has 0 atom stereocenters. The van der Waals surface area contributed by atoms with E-state index in [1.54, 1.807) is 119 Å². The Kier molecular flexibility index (Phi) is 26.8. The van der Waals surface area contributed by atoms with Gasteiger partial charge in [0.15, 0.2) is 48.2 Å². The minimum Gasteiger partial charge on any atom is -0.497 e. The Hall–Kier alpha value is -13.9. The summed E-state index contributed by atoms with van der Waals surface area (Å²) < 4.78 is 156. The Morgan fingerprint density at radius 1 is 0.460 bits per heavy atom. The van der Waals surface area contributed by atoms with Gasteiger partial charge in [-0.1, -0.05) is 43.3 Å². The van der Waals surface area contributed by atoms with E-state index in [0.29, 0.717) is 160 Å². The average Bonchev–Trinajstić information content (AvgIpc) is 1.62. The maximum Gasteiger partial charge on any atom is 0.419 e. The maximum atomic E-state index is 13.4. The van der Waals surface area contributed by atoms with Gasteiger partial charge in [0.1, 0.15) is 63.1 Å². The smallest absolute Gasteiger partial charge is 0.419 e. The van der Waals surface area contributed by atoms with Crippen molar-refractivity contribution < 1.29 is 101 Å². The number of hydrogen-bond donors (Lipinski definition) is 0. The van der Waals surface area contributed by atoms with Crippen molar-refractivity contribution in [2.75, 3.05) is 106 Å². The largest absolute Gasteiger partial charge is 0.497 e. The number of nitrogens with zero attached hydrogens (tertiary/aromatic N) is 10. The van der Waals surface area contributed by atoms with Gasteiger partial charge in [0.05, 0.1) is 102 Å². The molecule has 29 nitrogen and oxygen atoms in total. The molecule has 139 heavy (non-hydrogen) atoms. The minimum absolute atomic E-state index is 0.00399. The van der Waals surface area contributed by atoms with Gasteiger partial charge in [-0.3, -0.25) is 37.9 Å². The molecule has 4 saturated heterocycles. The van der Waals surface area contributed by atoms with E-state index < -0.39 is 59.7 Å². The van der Waals surface area contributed by atoms with Crippen LogP contribution in [0, 0.1) is 13.8 Å². The number of ether oxygens (including phenoxy) is 10. The molecule has 34 heteroatoms. The summed E-state index contributed by atoms with van der Waals surface area (Å²) >= 11 is 0. The molecule has 0 aliphatic carbocycles. The first-order valence-corrected chi connectivity index (χ1v) is 49.8. The predicted octanol–water partition coefficient (Wildman–Crippen LogP) is 17.1. The number of alkyl halides is 3. The van der Waals surface area contributed by atoms with Crippen LogP contribution in [0.4, 0.5) is 13.2 Å². The second-order valence-electron chi connectivity index (χ2n) is 36.2. The number of aryl methyl sites for hydroxylation is 4. The van der Waals surface area contributed by atoms with Crippen LogP contribution in [0.15, 0.2) is 210 Å². The summed E-state index contributed by atoms with van der Waals surface area (Å²) in [5.74, 6) is 4.67. The SMILES string of the molecule is CCS(=O)(=O)c1ccc(C(=O)N2CCC3(CC2)Oc2ccccc2-c2c3cnn2C)cc1C.COCCOc1ccc(C(=O)N2CCC3(CC2)Oc2ccccc2-n2c(C(C)=O)ccc23)cc1OC.COc1ccc(C(=O)N2CCC3(CC2)Oc2ccccc2-n2c3ccc2S(C)(=O)=O)cc1C(F)(F)F.COc1ccc2c(c1)-c1c(cnn1C)C1(CCN(C(=O)c3ccc(OC(C)C)c(C)c3)CC1)O2. The molecule has 4 amide bonds. The van der Waals surface area contributed by atoms with Gasteiger partial charge in [-0.05, 0) is 190 Å². The Bertz CT molecular complexity index is 6990. The van der Waals surface area contributed by atoms with Crippen LogP contribution < -0.4 is 42.6 Å². The monoisotopic (exact) mass is 1940 g/mol. The molecule has 8 aliphatic heterocycles. The van der Waals surface area contributed by atoms with Crippen molar-refractivity contribution in [3.63, 3.8) is 0 Å². The fourth-order valence-electron chi connectivity index (χ4n) is 20.1. The average molecular weight is 1940 g/mol. The summed E-state index contributed by atoms with van der Waals surface area (Å²) in [6, 6.07) is 54.9. The highest BCUT2D eigenvalue weighted by Crippen LogP contribution is 2.55. The van der Waals surface area contributed by atoms with Gasteiger partial charge in [-0.15, -0.1) is 0 Å². The molecule has 0 N–H and O–H groups in total. The van der Waals surface area contributed by atoms with E-state index >= 15 is 0 Å². The van der Waals surface area contributed by atoms with Crippen molar-refractivity contribution in [2.24, 2.45) is 14.1 Å².